The number of carbonyl (C=O) groups excluding carboxylic acids is 1. The highest BCUT2D eigenvalue weighted by Crippen LogP contribution is 2.39. The van der Waals surface area contributed by atoms with Crippen LogP contribution < -0.4 is 14.8 Å². The van der Waals surface area contributed by atoms with Gasteiger partial charge in [-0.05, 0) is 65.2 Å². The largest absolute Gasteiger partial charge is 0.497 e. The van der Waals surface area contributed by atoms with E-state index in [2.05, 4.69) is 21.2 Å². The first-order valence-corrected chi connectivity index (χ1v) is 9.07. The second-order valence-corrected chi connectivity index (χ2v) is 6.87. The van der Waals surface area contributed by atoms with Crippen LogP contribution in [0.1, 0.15) is 24.4 Å². The molecule has 1 atom stereocenters. The van der Waals surface area contributed by atoms with Gasteiger partial charge in [0.1, 0.15) is 17.3 Å². The first kappa shape index (κ1) is 18.5. The van der Waals surface area contributed by atoms with Gasteiger partial charge in [-0.3, -0.25) is 0 Å². The van der Waals surface area contributed by atoms with Gasteiger partial charge in [0, 0.05) is 16.6 Å². The zero-order valence-corrected chi connectivity index (χ0v) is 16.2. The van der Waals surface area contributed by atoms with Gasteiger partial charge < -0.3 is 19.7 Å². The van der Waals surface area contributed by atoms with E-state index >= 15 is 0 Å². The monoisotopic (exact) mass is 422 g/mol. The van der Waals surface area contributed by atoms with Gasteiger partial charge in [-0.2, -0.15) is 0 Å². The SMILES string of the molecule is COc1ccc(OC)c(C2CCCN2C(=O)Nc2ccc(F)cc2Br)c1. The van der Waals surface area contributed by atoms with Crippen molar-refractivity contribution < 1.29 is 18.7 Å². The van der Waals surface area contributed by atoms with E-state index in [0.717, 1.165) is 24.2 Å². The van der Waals surface area contributed by atoms with E-state index in [1.807, 2.05) is 18.2 Å². The molecule has 0 radical (unpaired) electrons. The van der Waals surface area contributed by atoms with Crippen LogP contribution in [0.25, 0.3) is 0 Å². The summed E-state index contributed by atoms with van der Waals surface area (Å²) in [6.45, 7) is 0.635. The number of urea groups is 1. The molecule has 1 heterocycles. The lowest BCUT2D eigenvalue weighted by molar-refractivity contribution is 0.206. The number of benzene rings is 2. The summed E-state index contributed by atoms with van der Waals surface area (Å²) >= 11 is 3.28. The summed E-state index contributed by atoms with van der Waals surface area (Å²) in [5.74, 6) is 1.07. The van der Waals surface area contributed by atoms with Crippen molar-refractivity contribution in [1.29, 1.82) is 0 Å². The molecular formula is C19H20BrFN2O3. The third-order valence-corrected chi connectivity index (χ3v) is 5.14. The Morgan fingerprint density at radius 3 is 2.73 bits per heavy atom. The summed E-state index contributed by atoms with van der Waals surface area (Å²) in [6.07, 6.45) is 1.73. The van der Waals surface area contributed by atoms with Gasteiger partial charge in [0.2, 0.25) is 0 Å². The average molecular weight is 423 g/mol. The standard InChI is InChI=1S/C19H20BrFN2O3/c1-25-13-6-8-18(26-2)14(11-13)17-4-3-9-23(17)19(24)22-16-7-5-12(21)10-15(16)20/h5-8,10-11,17H,3-4,9H2,1-2H3,(H,22,24). The maximum Gasteiger partial charge on any atom is 0.322 e. The number of methoxy groups -OCH3 is 2. The van der Waals surface area contributed by atoms with Crippen molar-refractivity contribution in [3.63, 3.8) is 0 Å². The molecule has 1 aliphatic rings. The number of likely N-dealkylation sites (tertiary alicyclic amines) is 1. The van der Waals surface area contributed by atoms with Crippen LogP contribution in [-0.2, 0) is 0 Å². The predicted octanol–water partition coefficient (Wildman–Crippen LogP) is 4.97. The molecular weight excluding hydrogens is 403 g/mol. The minimum atomic E-state index is -0.366. The Balaban J connectivity index is 1.85. The number of halogens is 2. The van der Waals surface area contributed by atoms with E-state index in [1.165, 1.54) is 18.2 Å². The molecule has 0 spiro atoms. The zero-order chi connectivity index (χ0) is 18.7. The van der Waals surface area contributed by atoms with E-state index in [0.29, 0.717) is 22.5 Å². The fourth-order valence-electron chi connectivity index (χ4n) is 3.21. The fraction of sp³-hybridized carbons (Fsp3) is 0.316. The third-order valence-electron chi connectivity index (χ3n) is 4.48. The van der Waals surface area contributed by atoms with Crippen molar-refractivity contribution in [3.8, 4) is 11.5 Å². The first-order chi connectivity index (χ1) is 12.5. The highest BCUT2D eigenvalue weighted by Gasteiger charge is 2.32. The molecule has 5 nitrogen and oxygen atoms in total. The van der Waals surface area contributed by atoms with Crippen LogP contribution in [0.15, 0.2) is 40.9 Å². The first-order valence-electron chi connectivity index (χ1n) is 8.28. The maximum absolute atomic E-state index is 13.2. The molecule has 2 amide bonds. The average Bonchev–Trinajstić information content (AvgIpc) is 3.13. The van der Waals surface area contributed by atoms with Gasteiger partial charge >= 0.3 is 6.03 Å². The topological polar surface area (TPSA) is 50.8 Å². The Morgan fingerprint density at radius 2 is 2.04 bits per heavy atom. The molecule has 1 N–H and O–H groups in total. The smallest absolute Gasteiger partial charge is 0.322 e. The highest BCUT2D eigenvalue weighted by atomic mass is 79.9. The molecule has 2 aromatic rings. The summed E-state index contributed by atoms with van der Waals surface area (Å²) in [5, 5.41) is 2.85. The lowest BCUT2D eigenvalue weighted by Gasteiger charge is -2.27. The maximum atomic E-state index is 13.2. The Morgan fingerprint density at radius 1 is 1.23 bits per heavy atom. The van der Waals surface area contributed by atoms with E-state index < -0.39 is 0 Å². The van der Waals surface area contributed by atoms with Crippen LogP contribution in [0.3, 0.4) is 0 Å². The lowest BCUT2D eigenvalue weighted by Crippen LogP contribution is -2.34. The minimum Gasteiger partial charge on any atom is -0.497 e. The summed E-state index contributed by atoms with van der Waals surface area (Å²) in [7, 11) is 3.22. The number of hydrogen-bond donors (Lipinski definition) is 1. The van der Waals surface area contributed by atoms with Crippen LogP contribution in [0, 0.1) is 5.82 Å². The molecule has 3 rings (SSSR count). The molecule has 1 saturated heterocycles. The van der Waals surface area contributed by atoms with Crippen LogP contribution in [0.5, 0.6) is 11.5 Å². The molecule has 138 valence electrons. The van der Waals surface area contributed by atoms with Gasteiger partial charge in [0.05, 0.1) is 25.9 Å². The van der Waals surface area contributed by atoms with Crippen molar-refractivity contribution in [1.82, 2.24) is 4.90 Å². The van der Waals surface area contributed by atoms with Crippen LogP contribution in [0.2, 0.25) is 0 Å². The number of hydrogen-bond acceptors (Lipinski definition) is 3. The molecule has 1 unspecified atom stereocenters. The number of anilines is 1. The van der Waals surface area contributed by atoms with Crippen LogP contribution >= 0.6 is 15.9 Å². The minimum absolute atomic E-state index is 0.112. The normalized spacial score (nSPS) is 16.5. The summed E-state index contributed by atoms with van der Waals surface area (Å²) in [5.41, 5.74) is 1.44. The third kappa shape index (κ3) is 3.77. The van der Waals surface area contributed by atoms with E-state index in [4.69, 9.17) is 9.47 Å². The zero-order valence-electron chi connectivity index (χ0n) is 14.6. The molecule has 1 fully saturated rings. The van der Waals surface area contributed by atoms with E-state index in [-0.39, 0.29) is 17.9 Å². The van der Waals surface area contributed by atoms with Crippen molar-refractivity contribution >= 4 is 27.6 Å². The molecule has 1 aliphatic heterocycles. The van der Waals surface area contributed by atoms with Gasteiger partial charge in [0.15, 0.2) is 0 Å². The number of ether oxygens (including phenoxy) is 2. The number of nitrogens with one attached hydrogen (secondary N) is 1. The Labute approximate surface area is 160 Å². The molecule has 0 aromatic heterocycles. The molecule has 2 aromatic carbocycles. The number of amides is 2. The number of carbonyl (C=O) groups is 1. The molecule has 26 heavy (non-hydrogen) atoms. The highest BCUT2D eigenvalue weighted by molar-refractivity contribution is 9.10. The van der Waals surface area contributed by atoms with Gasteiger partial charge in [-0.1, -0.05) is 0 Å². The fourth-order valence-corrected chi connectivity index (χ4v) is 3.66. The summed E-state index contributed by atoms with van der Waals surface area (Å²) < 4.78 is 24.5. The number of nitrogens with zero attached hydrogens (tertiary/aromatic N) is 1. The second-order valence-electron chi connectivity index (χ2n) is 6.01. The molecule has 7 heteroatoms. The van der Waals surface area contributed by atoms with Gasteiger partial charge in [-0.25, -0.2) is 9.18 Å². The van der Waals surface area contributed by atoms with Crippen molar-refractivity contribution in [2.75, 3.05) is 26.1 Å². The van der Waals surface area contributed by atoms with Gasteiger partial charge in [-0.15, -0.1) is 0 Å². The molecule has 0 saturated carbocycles. The quantitative estimate of drug-likeness (QED) is 0.755. The Kier molecular flexibility index (Phi) is 5.66. The van der Waals surface area contributed by atoms with Crippen LogP contribution in [0.4, 0.5) is 14.9 Å². The Bertz CT molecular complexity index is 815. The molecule has 0 bridgehead atoms. The molecule has 0 aliphatic carbocycles. The van der Waals surface area contributed by atoms with Crippen molar-refractivity contribution in [3.05, 3.63) is 52.3 Å². The van der Waals surface area contributed by atoms with Crippen molar-refractivity contribution in [2.45, 2.75) is 18.9 Å². The predicted molar refractivity (Wildman–Crippen MR) is 101 cm³/mol. The lowest BCUT2D eigenvalue weighted by atomic mass is 10.0. The second kappa shape index (κ2) is 7.95. The van der Waals surface area contributed by atoms with Crippen molar-refractivity contribution in [2.24, 2.45) is 0 Å². The van der Waals surface area contributed by atoms with Crippen LogP contribution in [-0.4, -0.2) is 31.7 Å². The summed E-state index contributed by atoms with van der Waals surface area (Å²) in [4.78, 5) is 14.6. The summed E-state index contributed by atoms with van der Waals surface area (Å²) in [6, 6.07) is 9.41. The van der Waals surface area contributed by atoms with E-state index in [1.54, 1.807) is 19.1 Å². The van der Waals surface area contributed by atoms with E-state index in [9.17, 15) is 9.18 Å². The Hall–Kier alpha value is -2.28. The number of rotatable bonds is 4. The van der Waals surface area contributed by atoms with Gasteiger partial charge in [0.25, 0.3) is 0 Å².